The zero-order valence-electron chi connectivity index (χ0n) is 11.0. The lowest BCUT2D eigenvalue weighted by Crippen LogP contribution is -2.21. The molecule has 0 aliphatic heterocycles. The molecule has 0 saturated heterocycles. The predicted octanol–water partition coefficient (Wildman–Crippen LogP) is 3.64. The lowest BCUT2D eigenvalue weighted by molar-refractivity contribution is 0.0465. The third-order valence-electron chi connectivity index (χ3n) is 3.05. The second kappa shape index (κ2) is 5.85. The van der Waals surface area contributed by atoms with Gasteiger partial charge in [-0.25, -0.2) is 4.39 Å². The minimum absolute atomic E-state index is 0.307. The first kappa shape index (κ1) is 13.6. The van der Waals surface area contributed by atoms with Gasteiger partial charge in [-0.2, -0.15) is 0 Å². The van der Waals surface area contributed by atoms with Crippen molar-refractivity contribution in [3.05, 3.63) is 65.5 Å². The van der Waals surface area contributed by atoms with Crippen LogP contribution in [0.2, 0.25) is 0 Å². The van der Waals surface area contributed by atoms with Gasteiger partial charge in [0, 0.05) is 6.07 Å². The fraction of sp³-hybridized carbons (Fsp3) is 0.250. The molecule has 1 N–H and O–H groups in total. The summed E-state index contributed by atoms with van der Waals surface area (Å²) in [5.41, 5.74) is 1.35. The molecule has 0 saturated carbocycles. The highest BCUT2D eigenvalue weighted by molar-refractivity contribution is 5.28. The Kier molecular flexibility index (Phi) is 4.17. The van der Waals surface area contributed by atoms with E-state index >= 15 is 0 Å². The monoisotopic (exact) mass is 260 g/mol. The highest BCUT2D eigenvalue weighted by Crippen LogP contribution is 2.23. The van der Waals surface area contributed by atoms with Crippen LogP contribution in [0.5, 0.6) is 5.75 Å². The number of aryl methyl sites for hydroxylation is 1. The Labute approximate surface area is 112 Å². The molecule has 2 aromatic rings. The average Bonchev–Trinajstić information content (AvgIpc) is 2.43. The maximum absolute atomic E-state index is 13.4. The minimum Gasteiger partial charge on any atom is -0.488 e. The van der Waals surface area contributed by atoms with Gasteiger partial charge in [0.25, 0.3) is 0 Å². The molecule has 0 aliphatic rings. The van der Waals surface area contributed by atoms with Crippen LogP contribution in [0.3, 0.4) is 0 Å². The Morgan fingerprint density at radius 3 is 2.42 bits per heavy atom. The Hall–Kier alpha value is -1.87. The molecule has 0 spiro atoms. The van der Waals surface area contributed by atoms with Crippen LogP contribution in [-0.4, -0.2) is 11.2 Å². The van der Waals surface area contributed by atoms with E-state index in [2.05, 4.69) is 0 Å². The Balaban J connectivity index is 2.08. The molecule has 0 aromatic heterocycles. The van der Waals surface area contributed by atoms with Gasteiger partial charge < -0.3 is 9.84 Å². The smallest absolute Gasteiger partial charge is 0.129 e. The number of benzene rings is 2. The van der Waals surface area contributed by atoms with Crippen LogP contribution in [-0.2, 0) is 0 Å². The van der Waals surface area contributed by atoms with E-state index in [1.807, 2.05) is 30.3 Å². The van der Waals surface area contributed by atoms with Gasteiger partial charge in [-0.3, -0.25) is 0 Å². The Bertz CT molecular complexity index is 540. The van der Waals surface area contributed by atoms with Crippen molar-refractivity contribution in [3.63, 3.8) is 0 Å². The maximum Gasteiger partial charge on any atom is 0.129 e. The van der Waals surface area contributed by atoms with Gasteiger partial charge >= 0.3 is 0 Å². The van der Waals surface area contributed by atoms with Crippen LogP contribution >= 0.6 is 0 Å². The van der Waals surface area contributed by atoms with Crippen LogP contribution < -0.4 is 4.74 Å². The number of rotatable bonds is 4. The molecule has 0 radical (unpaired) electrons. The number of aliphatic hydroxyl groups is 1. The molecular weight excluding hydrogens is 243 g/mol. The normalized spacial score (nSPS) is 13.9. The van der Waals surface area contributed by atoms with Crippen LogP contribution in [0, 0.1) is 12.7 Å². The number of hydrogen-bond donors (Lipinski definition) is 1. The second-order valence-electron chi connectivity index (χ2n) is 4.59. The van der Waals surface area contributed by atoms with Crippen molar-refractivity contribution in [2.24, 2.45) is 0 Å². The molecule has 0 aliphatic carbocycles. The molecule has 2 unspecified atom stereocenters. The van der Waals surface area contributed by atoms with Crippen LogP contribution in [0.15, 0.2) is 48.5 Å². The van der Waals surface area contributed by atoms with Crippen molar-refractivity contribution >= 4 is 0 Å². The molecule has 100 valence electrons. The molecule has 0 fully saturated rings. The summed E-state index contributed by atoms with van der Waals surface area (Å²) in [6.45, 7) is 3.46. The molecule has 2 rings (SSSR count). The van der Waals surface area contributed by atoms with E-state index in [4.69, 9.17) is 4.74 Å². The van der Waals surface area contributed by atoms with Crippen molar-refractivity contribution in [2.45, 2.75) is 26.1 Å². The van der Waals surface area contributed by atoms with Gasteiger partial charge in [0.15, 0.2) is 0 Å². The van der Waals surface area contributed by atoms with E-state index in [1.54, 1.807) is 26.0 Å². The van der Waals surface area contributed by atoms with E-state index in [0.717, 1.165) is 5.56 Å². The molecule has 19 heavy (non-hydrogen) atoms. The van der Waals surface area contributed by atoms with Crippen LogP contribution in [0.4, 0.5) is 4.39 Å². The standard InChI is InChI=1S/C16H17FO2/c1-11-8-9-14(10-15(11)17)19-12(2)16(18)13-6-4-3-5-7-13/h3-10,12,16,18H,1-2H3. The van der Waals surface area contributed by atoms with Gasteiger partial charge in [0.05, 0.1) is 0 Å². The summed E-state index contributed by atoms with van der Waals surface area (Å²) in [4.78, 5) is 0. The van der Waals surface area contributed by atoms with Crippen LogP contribution in [0.25, 0.3) is 0 Å². The van der Waals surface area contributed by atoms with Gasteiger partial charge in [-0.1, -0.05) is 36.4 Å². The molecule has 0 heterocycles. The summed E-state index contributed by atoms with van der Waals surface area (Å²) in [6.07, 6.45) is -1.20. The highest BCUT2D eigenvalue weighted by Gasteiger charge is 2.18. The van der Waals surface area contributed by atoms with Crippen LogP contribution in [0.1, 0.15) is 24.2 Å². The van der Waals surface area contributed by atoms with Crippen molar-refractivity contribution in [1.82, 2.24) is 0 Å². The molecule has 2 atom stereocenters. The Morgan fingerprint density at radius 2 is 1.79 bits per heavy atom. The molecule has 2 aromatic carbocycles. The van der Waals surface area contributed by atoms with Gasteiger partial charge in [-0.15, -0.1) is 0 Å². The number of hydrogen-bond acceptors (Lipinski definition) is 2. The summed E-state index contributed by atoms with van der Waals surface area (Å²) in [5.74, 6) is 0.115. The first-order valence-electron chi connectivity index (χ1n) is 6.24. The lowest BCUT2D eigenvalue weighted by Gasteiger charge is -2.21. The number of halogens is 1. The largest absolute Gasteiger partial charge is 0.488 e. The van der Waals surface area contributed by atoms with E-state index < -0.39 is 12.2 Å². The van der Waals surface area contributed by atoms with Crippen molar-refractivity contribution < 1.29 is 14.2 Å². The lowest BCUT2D eigenvalue weighted by atomic mass is 10.1. The third kappa shape index (κ3) is 3.32. The van der Waals surface area contributed by atoms with E-state index in [-0.39, 0.29) is 5.82 Å². The molecule has 0 amide bonds. The molecular formula is C16H17FO2. The zero-order valence-corrected chi connectivity index (χ0v) is 11.0. The average molecular weight is 260 g/mol. The summed E-state index contributed by atoms with van der Waals surface area (Å²) < 4.78 is 19.0. The van der Waals surface area contributed by atoms with Gasteiger partial charge in [0.2, 0.25) is 0 Å². The third-order valence-corrected chi connectivity index (χ3v) is 3.05. The Morgan fingerprint density at radius 1 is 1.11 bits per heavy atom. The molecule has 0 bridgehead atoms. The summed E-state index contributed by atoms with van der Waals surface area (Å²) in [6, 6.07) is 14.0. The van der Waals surface area contributed by atoms with Crippen molar-refractivity contribution in [3.8, 4) is 5.75 Å². The number of aliphatic hydroxyl groups excluding tert-OH is 1. The summed E-state index contributed by atoms with van der Waals surface area (Å²) >= 11 is 0. The first-order chi connectivity index (χ1) is 9.08. The SMILES string of the molecule is Cc1ccc(OC(C)C(O)c2ccccc2)cc1F. The summed E-state index contributed by atoms with van der Waals surface area (Å²) in [7, 11) is 0. The maximum atomic E-state index is 13.4. The quantitative estimate of drug-likeness (QED) is 0.909. The highest BCUT2D eigenvalue weighted by atomic mass is 19.1. The first-order valence-corrected chi connectivity index (χ1v) is 6.24. The van der Waals surface area contributed by atoms with E-state index in [0.29, 0.717) is 11.3 Å². The fourth-order valence-corrected chi connectivity index (χ4v) is 1.85. The summed E-state index contributed by atoms with van der Waals surface area (Å²) in [5, 5.41) is 10.2. The van der Waals surface area contributed by atoms with Crippen molar-refractivity contribution in [2.75, 3.05) is 0 Å². The fourth-order valence-electron chi connectivity index (χ4n) is 1.85. The van der Waals surface area contributed by atoms with Gasteiger partial charge in [0.1, 0.15) is 23.8 Å². The molecule has 2 nitrogen and oxygen atoms in total. The van der Waals surface area contributed by atoms with E-state index in [1.165, 1.54) is 6.07 Å². The predicted molar refractivity (Wildman–Crippen MR) is 72.6 cm³/mol. The molecule has 3 heteroatoms. The van der Waals surface area contributed by atoms with Gasteiger partial charge in [-0.05, 0) is 31.0 Å². The zero-order chi connectivity index (χ0) is 13.8. The van der Waals surface area contributed by atoms with Crippen molar-refractivity contribution in [1.29, 1.82) is 0 Å². The minimum atomic E-state index is -0.745. The topological polar surface area (TPSA) is 29.5 Å². The second-order valence-corrected chi connectivity index (χ2v) is 4.59. The number of ether oxygens (including phenoxy) is 1. The van der Waals surface area contributed by atoms with E-state index in [9.17, 15) is 9.50 Å².